The molecule has 0 saturated carbocycles. The van der Waals surface area contributed by atoms with Gasteiger partial charge in [-0.2, -0.15) is 0 Å². The lowest BCUT2D eigenvalue weighted by Gasteiger charge is -2.10. The molecule has 0 atom stereocenters. The van der Waals surface area contributed by atoms with Gasteiger partial charge in [-0.05, 0) is 48.9 Å². The monoisotopic (exact) mass is 432 g/mol. The van der Waals surface area contributed by atoms with Crippen molar-refractivity contribution in [2.75, 3.05) is 14.2 Å². The number of ether oxygens (including phenoxy) is 2. The zero-order chi connectivity index (χ0) is 22.7. The number of nitrogens with one attached hydrogen (secondary N) is 1. The molecule has 0 radical (unpaired) electrons. The molecule has 1 N–H and O–H groups in total. The van der Waals surface area contributed by atoms with Crippen molar-refractivity contribution < 1.29 is 14.3 Å². The molecule has 2 aromatic heterocycles. The minimum absolute atomic E-state index is 0.124. The Hall–Kier alpha value is -4.07. The fourth-order valence-corrected chi connectivity index (χ4v) is 3.53. The number of hydrogen-bond donors (Lipinski definition) is 1. The van der Waals surface area contributed by atoms with Gasteiger partial charge in [0.2, 0.25) is 5.91 Å². The number of aryl methyl sites for hydroxylation is 1. The summed E-state index contributed by atoms with van der Waals surface area (Å²) in [6.45, 7) is 2.13. The number of pyridine rings is 1. The van der Waals surface area contributed by atoms with E-state index < -0.39 is 0 Å². The maximum Gasteiger partial charge on any atom is 0.335 e. The van der Waals surface area contributed by atoms with Crippen molar-refractivity contribution in [1.29, 1.82) is 0 Å². The highest BCUT2D eigenvalue weighted by Gasteiger charge is 2.17. The second-order valence-corrected chi connectivity index (χ2v) is 7.38. The Kier molecular flexibility index (Phi) is 5.93. The lowest BCUT2D eigenvalue weighted by Crippen LogP contribution is -2.32. The minimum Gasteiger partial charge on any atom is -0.497 e. The van der Waals surface area contributed by atoms with E-state index in [9.17, 15) is 9.59 Å². The maximum absolute atomic E-state index is 13.2. The molecule has 0 aliphatic carbocycles. The molecule has 8 heteroatoms. The minimum atomic E-state index is -0.319. The highest BCUT2D eigenvalue weighted by molar-refractivity contribution is 5.80. The molecule has 0 bridgehead atoms. The highest BCUT2D eigenvalue weighted by Crippen LogP contribution is 2.22. The first-order chi connectivity index (χ1) is 15.5. The molecular weight excluding hydrogens is 408 g/mol. The number of amides is 1. The Morgan fingerprint density at radius 3 is 2.38 bits per heavy atom. The van der Waals surface area contributed by atoms with E-state index in [1.165, 1.54) is 9.13 Å². The van der Waals surface area contributed by atoms with Gasteiger partial charge in [-0.3, -0.25) is 9.36 Å². The number of imidazole rings is 1. The molecule has 1 amide bonds. The van der Waals surface area contributed by atoms with Gasteiger partial charge < -0.3 is 14.8 Å². The van der Waals surface area contributed by atoms with Gasteiger partial charge in [0.25, 0.3) is 0 Å². The Balaban J connectivity index is 1.60. The van der Waals surface area contributed by atoms with Crippen LogP contribution in [0.1, 0.15) is 11.1 Å². The van der Waals surface area contributed by atoms with Gasteiger partial charge in [0, 0.05) is 18.8 Å². The Bertz CT molecular complexity index is 1300. The molecule has 4 rings (SSSR count). The van der Waals surface area contributed by atoms with Crippen LogP contribution in [0.15, 0.2) is 65.6 Å². The van der Waals surface area contributed by atoms with E-state index in [0.717, 1.165) is 11.1 Å². The van der Waals surface area contributed by atoms with E-state index in [1.54, 1.807) is 38.6 Å². The number of methoxy groups -OCH3 is 2. The summed E-state index contributed by atoms with van der Waals surface area (Å²) in [5.41, 5.74) is 3.40. The van der Waals surface area contributed by atoms with E-state index >= 15 is 0 Å². The average molecular weight is 432 g/mol. The summed E-state index contributed by atoms with van der Waals surface area (Å²) in [5, 5.41) is 2.86. The summed E-state index contributed by atoms with van der Waals surface area (Å²) in [7, 11) is 3.14. The first-order valence-corrected chi connectivity index (χ1v) is 10.1. The van der Waals surface area contributed by atoms with Crippen LogP contribution in [0.25, 0.3) is 16.9 Å². The fourth-order valence-electron chi connectivity index (χ4n) is 3.53. The average Bonchev–Trinajstić information content (AvgIpc) is 3.09. The molecule has 0 fully saturated rings. The van der Waals surface area contributed by atoms with Crippen LogP contribution in [0.3, 0.4) is 0 Å². The third-order valence-corrected chi connectivity index (χ3v) is 5.19. The van der Waals surface area contributed by atoms with Gasteiger partial charge in [-0.25, -0.2) is 14.3 Å². The number of carbonyl (C=O) groups excluding carboxylic acids is 1. The van der Waals surface area contributed by atoms with Gasteiger partial charge in [-0.1, -0.05) is 17.7 Å². The molecule has 2 heterocycles. The number of aromatic nitrogens is 3. The lowest BCUT2D eigenvalue weighted by molar-refractivity contribution is -0.121. The number of benzene rings is 2. The van der Waals surface area contributed by atoms with Crippen molar-refractivity contribution in [1.82, 2.24) is 19.4 Å². The summed E-state index contributed by atoms with van der Waals surface area (Å²) in [6.07, 6.45) is 1.63. The summed E-state index contributed by atoms with van der Waals surface area (Å²) in [4.78, 5) is 30.3. The van der Waals surface area contributed by atoms with Crippen LogP contribution < -0.4 is 20.5 Å². The SMILES string of the molecule is COc1cc(CNC(=O)Cn2c(=O)n(-c3ccc(C)cc3)c3ncccc32)cc(OC)c1. The molecule has 0 saturated heterocycles. The predicted molar refractivity (Wildman–Crippen MR) is 121 cm³/mol. The number of nitrogens with zero attached hydrogens (tertiary/aromatic N) is 3. The van der Waals surface area contributed by atoms with Gasteiger partial charge >= 0.3 is 5.69 Å². The van der Waals surface area contributed by atoms with E-state index in [1.807, 2.05) is 43.3 Å². The molecular formula is C24H24N4O4. The van der Waals surface area contributed by atoms with Crippen LogP contribution in [0.4, 0.5) is 0 Å². The number of carbonyl (C=O) groups is 1. The van der Waals surface area contributed by atoms with Crippen LogP contribution in [-0.4, -0.2) is 34.2 Å². The first kappa shape index (κ1) is 21.2. The van der Waals surface area contributed by atoms with Crippen molar-refractivity contribution in [3.05, 3.63) is 82.4 Å². The number of rotatable bonds is 7. The Morgan fingerprint density at radius 1 is 1.03 bits per heavy atom. The van der Waals surface area contributed by atoms with Gasteiger partial charge in [0.05, 0.1) is 25.4 Å². The molecule has 2 aromatic carbocycles. The van der Waals surface area contributed by atoms with Crippen molar-refractivity contribution in [3.8, 4) is 17.2 Å². The molecule has 164 valence electrons. The van der Waals surface area contributed by atoms with Crippen molar-refractivity contribution in [2.24, 2.45) is 0 Å². The van der Waals surface area contributed by atoms with Crippen LogP contribution in [0.2, 0.25) is 0 Å². The van der Waals surface area contributed by atoms with Crippen LogP contribution in [0.5, 0.6) is 11.5 Å². The third-order valence-electron chi connectivity index (χ3n) is 5.19. The maximum atomic E-state index is 13.2. The first-order valence-electron chi connectivity index (χ1n) is 10.1. The van der Waals surface area contributed by atoms with E-state index in [0.29, 0.717) is 28.4 Å². The zero-order valence-corrected chi connectivity index (χ0v) is 18.2. The zero-order valence-electron chi connectivity index (χ0n) is 18.2. The Labute approximate surface area is 185 Å². The summed E-state index contributed by atoms with van der Waals surface area (Å²) < 4.78 is 13.5. The van der Waals surface area contributed by atoms with Crippen molar-refractivity contribution in [3.63, 3.8) is 0 Å². The summed E-state index contributed by atoms with van der Waals surface area (Å²) in [6, 6.07) is 16.5. The molecule has 0 aliphatic rings. The van der Waals surface area contributed by atoms with Crippen molar-refractivity contribution >= 4 is 17.1 Å². The normalized spacial score (nSPS) is 10.8. The molecule has 8 nitrogen and oxygen atoms in total. The molecule has 0 spiro atoms. The predicted octanol–water partition coefficient (Wildman–Crippen LogP) is 2.83. The Morgan fingerprint density at radius 2 is 1.72 bits per heavy atom. The topological polar surface area (TPSA) is 87.4 Å². The standard InChI is InChI=1S/C24H24N4O4/c1-16-6-8-18(9-7-16)28-23-21(5-4-10-25-23)27(24(28)30)15-22(29)26-14-17-11-19(31-2)13-20(12-17)32-3/h4-13H,14-15H2,1-3H3,(H,26,29). The van der Waals surface area contributed by atoms with E-state index in [2.05, 4.69) is 10.3 Å². The number of hydrogen-bond acceptors (Lipinski definition) is 5. The largest absolute Gasteiger partial charge is 0.497 e. The fraction of sp³-hybridized carbons (Fsp3) is 0.208. The summed E-state index contributed by atoms with van der Waals surface area (Å²) in [5.74, 6) is 0.981. The van der Waals surface area contributed by atoms with Crippen molar-refractivity contribution in [2.45, 2.75) is 20.0 Å². The van der Waals surface area contributed by atoms with Gasteiger partial charge in [-0.15, -0.1) is 0 Å². The van der Waals surface area contributed by atoms with Gasteiger partial charge in [0.15, 0.2) is 5.65 Å². The molecule has 32 heavy (non-hydrogen) atoms. The second kappa shape index (κ2) is 8.97. The van der Waals surface area contributed by atoms with Crippen LogP contribution >= 0.6 is 0 Å². The second-order valence-electron chi connectivity index (χ2n) is 7.38. The molecule has 0 aliphatic heterocycles. The molecule has 0 unspecified atom stereocenters. The lowest BCUT2D eigenvalue weighted by atomic mass is 10.2. The number of fused-ring (bicyclic) bond motifs is 1. The van der Waals surface area contributed by atoms with E-state index in [-0.39, 0.29) is 24.7 Å². The van der Waals surface area contributed by atoms with Crippen LogP contribution in [-0.2, 0) is 17.9 Å². The smallest absolute Gasteiger partial charge is 0.335 e. The van der Waals surface area contributed by atoms with Gasteiger partial charge in [0.1, 0.15) is 18.0 Å². The summed E-state index contributed by atoms with van der Waals surface area (Å²) >= 11 is 0. The van der Waals surface area contributed by atoms with E-state index in [4.69, 9.17) is 9.47 Å². The highest BCUT2D eigenvalue weighted by atomic mass is 16.5. The van der Waals surface area contributed by atoms with Crippen LogP contribution in [0, 0.1) is 6.92 Å². The third kappa shape index (κ3) is 4.20. The molecule has 4 aromatic rings. The quantitative estimate of drug-likeness (QED) is 0.485.